The van der Waals surface area contributed by atoms with Crippen molar-refractivity contribution in [1.29, 1.82) is 0 Å². The summed E-state index contributed by atoms with van der Waals surface area (Å²) in [4.78, 5) is 50.0. The number of hydrogen-bond acceptors (Lipinski definition) is 8. The van der Waals surface area contributed by atoms with Gasteiger partial charge in [-0.2, -0.15) is 0 Å². The third-order valence-corrected chi connectivity index (χ3v) is 6.72. The lowest BCUT2D eigenvalue weighted by atomic mass is 10.2. The fourth-order valence-corrected chi connectivity index (χ4v) is 4.29. The Morgan fingerprint density at radius 2 is 1.92 bits per heavy atom. The standard InChI is InChI=1S/C24H22BrClN2O7S/c1-13(2)35-22(30)11-28-23(31)20(36-24(28)32)9-14-4-7-18(19(8-14)33-3)34-12-21(29)27-15-5-6-16(25)17(26)10-15/h4-10,13H,11-12H2,1-3H3,(H,27,29)/b20-9+. The molecular formula is C24H22BrClN2O7S. The van der Waals surface area contributed by atoms with Crippen molar-refractivity contribution in [3.8, 4) is 11.5 Å². The number of ether oxygens (including phenoxy) is 3. The molecule has 0 radical (unpaired) electrons. The predicted octanol–water partition coefficient (Wildman–Crippen LogP) is 5.12. The van der Waals surface area contributed by atoms with E-state index in [-0.39, 0.29) is 17.6 Å². The van der Waals surface area contributed by atoms with E-state index in [9.17, 15) is 19.2 Å². The summed E-state index contributed by atoms with van der Waals surface area (Å²) in [6.45, 7) is 2.62. The molecule has 12 heteroatoms. The van der Waals surface area contributed by atoms with Crippen LogP contribution in [0.1, 0.15) is 19.4 Å². The fraction of sp³-hybridized carbons (Fsp3) is 0.250. The van der Waals surface area contributed by atoms with Crippen LogP contribution in [0.15, 0.2) is 45.8 Å². The number of amides is 3. The van der Waals surface area contributed by atoms with Gasteiger partial charge in [-0.1, -0.05) is 17.7 Å². The highest BCUT2D eigenvalue weighted by Crippen LogP contribution is 2.34. The highest BCUT2D eigenvalue weighted by molar-refractivity contribution is 9.10. The van der Waals surface area contributed by atoms with Crippen molar-refractivity contribution in [2.75, 3.05) is 25.6 Å². The van der Waals surface area contributed by atoms with Gasteiger partial charge in [0.2, 0.25) is 0 Å². The largest absolute Gasteiger partial charge is 0.493 e. The molecule has 1 N–H and O–H groups in total. The number of rotatable bonds is 9. The molecule has 9 nitrogen and oxygen atoms in total. The number of halogens is 2. The molecule has 0 unspecified atom stereocenters. The molecule has 1 heterocycles. The van der Waals surface area contributed by atoms with Gasteiger partial charge in [-0.15, -0.1) is 0 Å². The molecule has 0 spiro atoms. The summed E-state index contributed by atoms with van der Waals surface area (Å²) in [5, 5.41) is 2.58. The first-order valence-corrected chi connectivity index (χ1v) is 12.6. The van der Waals surface area contributed by atoms with Crippen LogP contribution in [0.25, 0.3) is 6.08 Å². The molecule has 36 heavy (non-hydrogen) atoms. The van der Waals surface area contributed by atoms with Crippen molar-refractivity contribution in [3.05, 3.63) is 56.4 Å². The molecule has 2 aromatic rings. The average molecular weight is 598 g/mol. The molecule has 0 bridgehead atoms. The summed E-state index contributed by atoms with van der Waals surface area (Å²) in [5.74, 6) is -1.02. The highest BCUT2D eigenvalue weighted by Gasteiger charge is 2.36. The summed E-state index contributed by atoms with van der Waals surface area (Å²) >= 11 is 10.0. The van der Waals surface area contributed by atoms with E-state index in [4.69, 9.17) is 25.8 Å². The number of thioether (sulfide) groups is 1. The summed E-state index contributed by atoms with van der Waals surface area (Å²) in [6.07, 6.45) is 1.15. The lowest BCUT2D eigenvalue weighted by molar-refractivity contribution is -0.149. The summed E-state index contributed by atoms with van der Waals surface area (Å²) < 4.78 is 16.7. The zero-order valence-electron chi connectivity index (χ0n) is 19.5. The van der Waals surface area contributed by atoms with E-state index in [1.807, 2.05) is 0 Å². The lowest BCUT2D eigenvalue weighted by Crippen LogP contribution is -2.35. The second kappa shape index (κ2) is 12.3. The van der Waals surface area contributed by atoms with Crippen molar-refractivity contribution >= 4 is 74.1 Å². The summed E-state index contributed by atoms with van der Waals surface area (Å²) in [6, 6.07) is 9.84. The van der Waals surface area contributed by atoms with Crippen LogP contribution in [-0.4, -0.2) is 54.3 Å². The number of methoxy groups -OCH3 is 1. The highest BCUT2D eigenvalue weighted by atomic mass is 79.9. The minimum Gasteiger partial charge on any atom is -0.493 e. The van der Waals surface area contributed by atoms with Crippen molar-refractivity contribution in [2.24, 2.45) is 0 Å². The molecule has 2 aromatic carbocycles. The van der Waals surface area contributed by atoms with E-state index in [1.54, 1.807) is 50.2 Å². The molecule has 1 aliphatic heterocycles. The van der Waals surface area contributed by atoms with Gasteiger partial charge in [-0.25, -0.2) is 0 Å². The topological polar surface area (TPSA) is 111 Å². The van der Waals surface area contributed by atoms with Gasteiger partial charge in [0.15, 0.2) is 18.1 Å². The van der Waals surface area contributed by atoms with Gasteiger partial charge in [0.1, 0.15) is 6.54 Å². The van der Waals surface area contributed by atoms with Crippen LogP contribution in [0.3, 0.4) is 0 Å². The molecule has 0 atom stereocenters. The van der Waals surface area contributed by atoms with Gasteiger partial charge in [-0.3, -0.25) is 24.1 Å². The molecule has 3 rings (SSSR count). The predicted molar refractivity (Wildman–Crippen MR) is 140 cm³/mol. The molecule has 0 aliphatic carbocycles. The van der Waals surface area contributed by atoms with E-state index in [0.29, 0.717) is 32.2 Å². The van der Waals surface area contributed by atoms with Gasteiger partial charge < -0.3 is 19.5 Å². The third kappa shape index (κ3) is 7.25. The first-order chi connectivity index (χ1) is 17.1. The minimum atomic E-state index is -0.663. The Kier molecular flexibility index (Phi) is 9.41. The first kappa shape index (κ1) is 27.6. The molecule has 190 valence electrons. The fourth-order valence-electron chi connectivity index (χ4n) is 3.02. The Bertz CT molecular complexity index is 1230. The number of benzene rings is 2. The Balaban J connectivity index is 1.65. The quantitative estimate of drug-likeness (QED) is 0.313. The molecule has 0 aromatic heterocycles. The van der Waals surface area contributed by atoms with Gasteiger partial charge in [0.05, 0.1) is 23.1 Å². The Hall–Kier alpha value is -3.02. The number of hydrogen-bond donors (Lipinski definition) is 1. The maximum Gasteiger partial charge on any atom is 0.326 e. The van der Waals surface area contributed by atoms with E-state index in [2.05, 4.69) is 21.2 Å². The monoisotopic (exact) mass is 596 g/mol. The van der Waals surface area contributed by atoms with Crippen molar-refractivity contribution < 1.29 is 33.4 Å². The van der Waals surface area contributed by atoms with Crippen molar-refractivity contribution in [3.63, 3.8) is 0 Å². The van der Waals surface area contributed by atoms with E-state index < -0.39 is 29.6 Å². The first-order valence-electron chi connectivity index (χ1n) is 10.6. The molecule has 3 amide bonds. The van der Waals surface area contributed by atoms with Gasteiger partial charge in [-0.05, 0) is 83.5 Å². The van der Waals surface area contributed by atoms with Gasteiger partial charge in [0, 0.05) is 10.2 Å². The van der Waals surface area contributed by atoms with Gasteiger partial charge >= 0.3 is 5.97 Å². The minimum absolute atomic E-state index is 0.153. The SMILES string of the molecule is COc1cc(/C=C2/SC(=O)N(CC(=O)OC(C)C)C2=O)ccc1OCC(=O)Nc1ccc(Br)c(Cl)c1. The summed E-state index contributed by atoms with van der Waals surface area (Å²) in [5.41, 5.74) is 1.08. The van der Waals surface area contributed by atoms with Crippen LogP contribution < -0.4 is 14.8 Å². The molecule has 1 saturated heterocycles. The lowest BCUT2D eigenvalue weighted by Gasteiger charge is -2.13. The number of carbonyl (C=O) groups is 4. The van der Waals surface area contributed by atoms with Crippen LogP contribution in [0.2, 0.25) is 5.02 Å². The number of nitrogens with zero attached hydrogens (tertiary/aromatic N) is 1. The number of anilines is 1. The van der Waals surface area contributed by atoms with Crippen molar-refractivity contribution in [2.45, 2.75) is 20.0 Å². The average Bonchev–Trinajstić information content (AvgIpc) is 3.07. The number of nitrogens with one attached hydrogen (secondary N) is 1. The maximum absolute atomic E-state index is 12.6. The third-order valence-electron chi connectivity index (χ3n) is 4.58. The zero-order chi connectivity index (χ0) is 26.4. The van der Waals surface area contributed by atoms with E-state index in [0.717, 1.165) is 16.7 Å². The van der Waals surface area contributed by atoms with Crippen LogP contribution in [0.4, 0.5) is 10.5 Å². The molecule has 1 fully saturated rings. The number of imide groups is 1. The van der Waals surface area contributed by atoms with Crippen LogP contribution in [-0.2, 0) is 19.1 Å². The van der Waals surface area contributed by atoms with Gasteiger partial charge in [0.25, 0.3) is 17.1 Å². The summed E-state index contributed by atoms with van der Waals surface area (Å²) in [7, 11) is 1.43. The second-order valence-corrected chi connectivity index (χ2v) is 9.94. The number of carbonyl (C=O) groups excluding carboxylic acids is 4. The van der Waals surface area contributed by atoms with E-state index >= 15 is 0 Å². The van der Waals surface area contributed by atoms with Crippen LogP contribution >= 0.6 is 39.3 Å². The Morgan fingerprint density at radius 3 is 2.58 bits per heavy atom. The van der Waals surface area contributed by atoms with Crippen LogP contribution in [0.5, 0.6) is 11.5 Å². The molecule has 0 saturated carbocycles. The molecular weight excluding hydrogens is 576 g/mol. The zero-order valence-corrected chi connectivity index (χ0v) is 22.7. The Labute approximate surface area is 225 Å². The second-order valence-electron chi connectivity index (χ2n) is 7.68. The molecule has 1 aliphatic rings. The van der Waals surface area contributed by atoms with E-state index in [1.165, 1.54) is 13.2 Å². The van der Waals surface area contributed by atoms with Crippen molar-refractivity contribution in [1.82, 2.24) is 4.90 Å². The Morgan fingerprint density at radius 1 is 1.17 bits per heavy atom. The maximum atomic E-state index is 12.6. The number of esters is 1. The van der Waals surface area contributed by atoms with Crippen LogP contribution in [0, 0.1) is 0 Å². The smallest absolute Gasteiger partial charge is 0.326 e. The normalized spacial score (nSPS) is 14.4.